The van der Waals surface area contributed by atoms with Crippen LogP contribution in [0, 0.1) is 27.7 Å². The second-order valence-electron chi connectivity index (χ2n) is 16.7. The highest BCUT2D eigenvalue weighted by molar-refractivity contribution is 6.01. The van der Waals surface area contributed by atoms with Gasteiger partial charge in [0.05, 0.1) is 22.3 Å². The van der Waals surface area contributed by atoms with Crippen LogP contribution in [0.4, 0.5) is 0 Å². The van der Waals surface area contributed by atoms with Gasteiger partial charge in [-0.15, -0.1) is 0 Å². The van der Waals surface area contributed by atoms with E-state index in [0.717, 1.165) is 0 Å². The van der Waals surface area contributed by atoms with Crippen molar-refractivity contribution in [1.29, 1.82) is 0 Å². The minimum Gasteiger partial charge on any atom is -0.478 e. The van der Waals surface area contributed by atoms with Crippen LogP contribution in [-0.4, -0.2) is 44.3 Å². The van der Waals surface area contributed by atoms with Crippen molar-refractivity contribution in [3.05, 3.63) is 237 Å². The van der Waals surface area contributed by atoms with E-state index in [1.165, 1.54) is 0 Å². The van der Waals surface area contributed by atoms with Crippen LogP contribution in [0.25, 0.3) is 44.5 Å². The minimum absolute atomic E-state index is 0.128. The lowest BCUT2D eigenvalue weighted by Crippen LogP contribution is -2.19. The smallest absolute Gasteiger partial charge is 0.336 e. The van der Waals surface area contributed by atoms with Gasteiger partial charge in [0.25, 0.3) is 0 Å². The molecule has 66 heavy (non-hydrogen) atoms. The first kappa shape index (κ1) is 44.3. The van der Waals surface area contributed by atoms with Crippen LogP contribution >= 0.6 is 0 Å². The van der Waals surface area contributed by atoms with Crippen molar-refractivity contribution < 1.29 is 39.6 Å². The molecule has 8 aromatic carbocycles. The second kappa shape index (κ2) is 18.4. The number of aromatic carboxylic acids is 4. The normalized spacial score (nSPS) is 11.2. The van der Waals surface area contributed by atoms with Gasteiger partial charge < -0.3 is 20.4 Å². The van der Waals surface area contributed by atoms with E-state index in [0.29, 0.717) is 89.0 Å². The van der Waals surface area contributed by atoms with Crippen LogP contribution in [0.3, 0.4) is 0 Å². The molecule has 0 aliphatic carbocycles. The number of rotatable bonds is 13. The van der Waals surface area contributed by atoms with E-state index in [1.807, 2.05) is 170 Å². The van der Waals surface area contributed by atoms with Gasteiger partial charge in [0.15, 0.2) is 0 Å². The zero-order valence-electron chi connectivity index (χ0n) is 36.7. The van der Waals surface area contributed by atoms with Gasteiger partial charge in [0.1, 0.15) is 0 Å². The Morgan fingerprint density at radius 3 is 0.652 bits per heavy atom. The maximum Gasteiger partial charge on any atom is 0.336 e. The summed E-state index contributed by atoms with van der Waals surface area (Å²) in [5.41, 5.74) is 9.93. The molecule has 0 aliphatic heterocycles. The Morgan fingerprint density at radius 2 is 0.485 bits per heavy atom. The Morgan fingerprint density at radius 1 is 0.303 bits per heavy atom. The van der Waals surface area contributed by atoms with E-state index < -0.39 is 35.7 Å². The third-order valence-corrected chi connectivity index (χ3v) is 12.4. The molecule has 8 rings (SSSR count). The van der Waals surface area contributed by atoms with Crippen molar-refractivity contribution in [3.8, 4) is 44.5 Å². The molecule has 0 saturated carbocycles. The van der Waals surface area contributed by atoms with E-state index in [2.05, 4.69) is 0 Å². The summed E-state index contributed by atoms with van der Waals surface area (Å²) in [6, 6.07) is 52.1. The SMILES string of the molecule is Cc1cc(C(c2cc(C)c(C(=O)O)c(-c3ccccc3)c2)C(c2cc(C)c(C(=O)O)c(-c3ccccc3)c2)c2cc(C)c(C(=O)O)c(-c3ccccc3)c2)cc(-c2ccccc2)c1C(=O)O. The molecule has 0 fully saturated rings. The highest BCUT2D eigenvalue weighted by atomic mass is 16.4. The minimum atomic E-state index is -1.10. The molecule has 8 nitrogen and oxygen atoms in total. The topological polar surface area (TPSA) is 149 Å². The summed E-state index contributed by atoms with van der Waals surface area (Å²) in [5, 5.41) is 42.9. The van der Waals surface area contributed by atoms with Crippen molar-refractivity contribution >= 4 is 23.9 Å². The summed E-state index contributed by atoms with van der Waals surface area (Å²) < 4.78 is 0. The number of benzene rings is 8. The first-order valence-electron chi connectivity index (χ1n) is 21.5. The monoisotopic (exact) mass is 870 g/mol. The number of hydrogen-bond donors (Lipinski definition) is 4. The highest BCUT2D eigenvalue weighted by Crippen LogP contribution is 2.49. The Labute approximate surface area is 382 Å². The molecule has 0 radical (unpaired) electrons. The molecule has 0 spiro atoms. The van der Waals surface area contributed by atoms with Crippen molar-refractivity contribution in [2.24, 2.45) is 0 Å². The summed E-state index contributed by atoms with van der Waals surface area (Å²) in [6.45, 7) is 7.05. The second-order valence-corrected chi connectivity index (χ2v) is 16.7. The lowest BCUT2D eigenvalue weighted by atomic mass is 9.70. The fourth-order valence-electron chi connectivity index (χ4n) is 9.65. The van der Waals surface area contributed by atoms with Crippen molar-refractivity contribution in [1.82, 2.24) is 0 Å². The lowest BCUT2D eigenvalue weighted by molar-refractivity contribution is 0.0686. The van der Waals surface area contributed by atoms with Gasteiger partial charge in [-0.25, -0.2) is 19.2 Å². The molecule has 0 aromatic heterocycles. The predicted octanol–water partition coefficient (Wildman–Crippen LogP) is 13.3. The summed E-state index contributed by atoms with van der Waals surface area (Å²) in [5.74, 6) is -5.85. The van der Waals surface area contributed by atoms with Gasteiger partial charge in [-0.3, -0.25) is 0 Å². The third kappa shape index (κ3) is 8.52. The lowest BCUT2D eigenvalue weighted by Gasteiger charge is -2.33. The van der Waals surface area contributed by atoms with Gasteiger partial charge >= 0.3 is 23.9 Å². The van der Waals surface area contributed by atoms with Gasteiger partial charge in [0, 0.05) is 11.8 Å². The van der Waals surface area contributed by atoms with E-state index in [1.54, 1.807) is 27.7 Å². The average molecular weight is 871 g/mol. The van der Waals surface area contributed by atoms with E-state index >= 15 is 0 Å². The summed E-state index contributed by atoms with van der Waals surface area (Å²) in [6.07, 6.45) is 0. The summed E-state index contributed by atoms with van der Waals surface area (Å²) >= 11 is 0. The van der Waals surface area contributed by atoms with Crippen LogP contribution in [0.2, 0.25) is 0 Å². The van der Waals surface area contributed by atoms with E-state index in [-0.39, 0.29) is 22.3 Å². The first-order chi connectivity index (χ1) is 31.7. The van der Waals surface area contributed by atoms with Crippen LogP contribution in [0.15, 0.2) is 170 Å². The largest absolute Gasteiger partial charge is 0.478 e. The molecule has 0 saturated heterocycles. The van der Waals surface area contributed by atoms with Crippen molar-refractivity contribution in [3.63, 3.8) is 0 Å². The maximum absolute atomic E-state index is 13.1. The Bertz CT molecular complexity index is 2750. The summed E-state index contributed by atoms with van der Waals surface area (Å²) in [4.78, 5) is 52.5. The molecule has 0 heterocycles. The summed E-state index contributed by atoms with van der Waals surface area (Å²) in [7, 11) is 0. The molecule has 0 atom stereocenters. The van der Waals surface area contributed by atoms with Crippen molar-refractivity contribution in [2.75, 3.05) is 0 Å². The Hall–Kier alpha value is -8.36. The maximum atomic E-state index is 13.1. The fourth-order valence-corrected chi connectivity index (χ4v) is 9.65. The van der Waals surface area contributed by atoms with E-state index in [4.69, 9.17) is 0 Å². The van der Waals surface area contributed by atoms with Crippen LogP contribution in [-0.2, 0) is 0 Å². The molecule has 4 N–H and O–H groups in total. The molecule has 0 bridgehead atoms. The molecule has 326 valence electrons. The van der Waals surface area contributed by atoms with Crippen LogP contribution in [0.5, 0.6) is 0 Å². The van der Waals surface area contributed by atoms with E-state index in [9.17, 15) is 39.6 Å². The standard InChI is InChI=1S/C58H46O8/c1-33-25-41(29-45(49(33)55(59)60)37-17-9-5-10-18-37)53(42-26-34(2)50(56(61)62)46(30-42)38-19-11-6-12-20-38)54(43-27-35(3)51(57(63)64)47(31-43)39-21-13-7-14-22-39)44-28-36(4)52(58(65)66)48(32-44)40-23-15-8-16-24-40/h5-32,53-54H,1-4H3,(H,59,60)(H,61,62)(H,63,64)(H,65,66). The Kier molecular flexibility index (Phi) is 12.3. The molecule has 0 aliphatic rings. The zero-order valence-corrected chi connectivity index (χ0v) is 36.7. The number of carboxylic acids is 4. The first-order valence-corrected chi connectivity index (χ1v) is 21.5. The fraction of sp³-hybridized carbons (Fsp3) is 0.103. The van der Waals surface area contributed by atoms with Gasteiger partial charge in [0.2, 0.25) is 0 Å². The number of carboxylic acid groups (broad SMARTS) is 4. The molecule has 8 aromatic rings. The number of aryl methyl sites for hydroxylation is 4. The Balaban J connectivity index is 1.57. The third-order valence-electron chi connectivity index (χ3n) is 12.4. The number of hydrogen-bond acceptors (Lipinski definition) is 4. The molecule has 0 unspecified atom stereocenters. The van der Waals surface area contributed by atoms with Crippen LogP contribution in [0.1, 0.15) is 97.8 Å². The average Bonchev–Trinajstić information content (AvgIpc) is 3.30. The zero-order chi connectivity index (χ0) is 46.8. The van der Waals surface area contributed by atoms with Gasteiger partial charge in [-0.1, -0.05) is 146 Å². The predicted molar refractivity (Wildman–Crippen MR) is 258 cm³/mol. The van der Waals surface area contributed by atoms with Gasteiger partial charge in [-0.2, -0.15) is 0 Å². The number of carbonyl (C=O) groups is 4. The molecule has 0 amide bonds. The molecular weight excluding hydrogens is 825 g/mol. The van der Waals surface area contributed by atoms with Crippen molar-refractivity contribution in [2.45, 2.75) is 39.5 Å². The highest BCUT2D eigenvalue weighted by Gasteiger charge is 2.34. The molecule has 8 heteroatoms. The quantitative estimate of drug-likeness (QED) is 0.0895. The van der Waals surface area contributed by atoms with Crippen LogP contribution < -0.4 is 0 Å². The van der Waals surface area contributed by atoms with Gasteiger partial charge in [-0.05, 0) is 141 Å². The molecular formula is C58H46O8.